The predicted octanol–water partition coefficient (Wildman–Crippen LogP) is 3.05. The van der Waals surface area contributed by atoms with Crippen LogP contribution in [0.25, 0.3) is 0 Å². The Morgan fingerprint density at radius 3 is 2.35 bits per heavy atom. The van der Waals surface area contributed by atoms with Crippen molar-refractivity contribution in [3.05, 3.63) is 0 Å². The zero-order valence-electron chi connectivity index (χ0n) is 13.5. The lowest BCUT2D eigenvalue weighted by molar-refractivity contribution is -0.133. The highest BCUT2D eigenvalue weighted by molar-refractivity contribution is 5.76. The Labute approximate surface area is 124 Å². The molecule has 1 saturated carbocycles. The average Bonchev–Trinajstić information content (AvgIpc) is 3.26. The van der Waals surface area contributed by atoms with Gasteiger partial charge in [-0.2, -0.15) is 0 Å². The van der Waals surface area contributed by atoms with E-state index in [2.05, 4.69) is 31.0 Å². The number of piperidine rings is 1. The van der Waals surface area contributed by atoms with Gasteiger partial charge in [-0.1, -0.05) is 27.2 Å². The van der Waals surface area contributed by atoms with Gasteiger partial charge >= 0.3 is 0 Å². The fourth-order valence-corrected chi connectivity index (χ4v) is 3.19. The van der Waals surface area contributed by atoms with Crippen LogP contribution in [0.1, 0.15) is 59.3 Å². The van der Waals surface area contributed by atoms with Crippen LogP contribution in [-0.2, 0) is 4.79 Å². The number of likely N-dealkylation sites (tertiary alicyclic amines) is 1. The molecule has 1 unspecified atom stereocenters. The lowest BCUT2D eigenvalue weighted by Crippen LogP contribution is -2.45. The molecule has 3 heteroatoms. The fraction of sp³-hybridized carbons (Fsp3) is 0.941. The molecule has 0 radical (unpaired) electrons. The number of nitrogens with zero attached hydrogens (tertiary/aromatic N) is 1. The van der Waals surface area contributed by atoms with E-state index in [0.29, 0.717) is 23.8 Å². The van der Waals surface area contributed by atoms with Gasteiger partial charge in [0.05, 0.1) is 0 Å². The van der Waals surface area contributed by atoms with Crippen molar-refractivity contribution in [1.82, 2.24) is 10.2 Å². The van der Waals surface area contributed by atoms with E-state index in [1.165, 1.54) is 19.4 Å². The molecule has 1 amide bonds. The number of carbonyl (C=O) groups is 1. The molecule has 1 aliphatic carbocycles. The highest BCUT2D eigenvalue weighted by Gasteiger charge is 2.27. The smallest absolute Gasteiger partial charge is 0.222 e. The van der Waals surface area contributed by atoms with Crippen molar-refractivity contribution in [3.63, 3.8) is 0 Å². The lowest BCUT2D eigenvalue weighted by atomic mass is 9.89. The first-order valence-electron chi connectivity index (χ1n) is 8.61. The highest BCUT2D eigenvalue weighted by atomic mass is 16.2. The van der Waals surface area contributed by atoms with E-state index in [1.54, 1.807) is 0 Å². The second-order valence-electron chi connectivity index (χ2n) is 7.12. The lowest BCUT2D eigenvalue weighted by Gasteiger charge is -2.33. The quantitative estimate of drug-likeness (QED) is 0.777. The molecule has 0 aromatic heterocycles. The van der Waals surface area contributed by atoms with Crippen molar-refractivity contribution in [1.29, 1.82) is 0 Å². The first-order valence-corrected chi connectivity index (χ1v) is 8.61. The van der Waals surface area contributed by atoms with E-state index >= 15 is 0 Å². The summed E-state index contributed by atoms with van der Waals surface area (Å²) in [5, 5.41) is 3.68. The number of amides is 1. The minimum absolute atomic E-state index is 0.381. The Hall–Kier alpha value is -0.570. The topological polar surface area (TPSA) is 32.3 Å². The first kappa shape index (κ1) is 15.8. The molecule has 20 heavy (non-hydrogen) atoms. The van der Waals surface area contributed by atoms with Crippen molar-refractivity contribution in [3.8, 4) is 0 Å². The summed E-state index contributed by atoms with van der Waals surface area (Å²) >= 11 is 0. The van der Waals surface area contributed by atoms with Gasteiger partial charge in [0.15, 0.2) is 0 Å². The Bertz CT molecular complexity index is 304. The zero-order valence-corrected chi connectivity index (χ0v) is 13.5. The largest absolute Gasteiger partial charge is 0.343 e. The van der Waals surface area contributed by atoms with Crippen LogP contribution in [0.4, 0.5) is 0 Å². The second kappa shape index (κ2) is 7.44. The van der Waals surface area contributed by atoms with Crippen LogP contribution in [0, 0.1) is 17.8 Å². The van der Waals surface area contributed by atoms with Gasteiger partial charge in [0.2, 0.25) is 5.91 Å². The third-order valence-corrected chi connectivity index (χ3v) is 5.14. The maximum atomic E-state index is 12.4. The summed E-state index contributed by atoms with van der Waals surface area (Å²) in [5.41, 5.74) is 0. The normalized spacial score (nSPS) is 22.3. The monoisotopic (exact) mass is 280 g/mol. The molecule has 0 aromatic carbocycles. The SMILES string of the molecule is CCC(CC(=O)N1CCC(NCC2CC2)CC1)C(C)C. The molecular weight excluding hydrogens is 248 g/mol. The second-order valence-corrected chi connectivity index (χ2v) is 7.12. The molecule has 1 aliphatic heterocycles. The summed E-state index contributed by atoms with van der Waals surface area (Å²) in [6.45, 7) is 9.77. The van der Waals surface area contributed by atoms with E-state index in [4.69, 9.17) is 0 Å². The molecule has 0 bridgehead atoms. The van der Waals surface area contributed by atoms with Crippen LogP contribution >= 0.6 is 0 Å². The van der Waals surface area contributed by atoms with Crippen LogP contribution in [0.3, 0.4) is 0 Å². The van der Waals surface area contributed by atoms with Crippen LogP contribution < -0.4 is 5.32 Å². The molecule has 2 rings (SSSR count). The summed E-state index contributed by atoms with van der Waals surface area (Å²) in [4.78, 5) is 14.5. The molecule has 1 N–H and O–H groups in total. The maximum absolute atomic E-state index is 12.4. The molecule has 1 heterocycles. The van der Waals surface area contributed by atoms with Crippen LogP contribution in [-0.4, -0.2) is 36.5 Å². The summed E-state index contributed by atoms with van der Waals surface area (Å²) < 4.78 is 0. The maximum Gasteiger partial charge on any atom is 0.222 e. The fourth-order valence-electron chi connectivity index (χ4n) is 3.19. The standard InChI is InChI=1S/C17H32N2O/c1-4-15(13(2)3)11-17(20)19-9-7-16(8-10-19)18-12-14-5-6-14/h13-16,18H,4-12H2,1-3H3. The third-order valence-electron chi connectivity index (χ3n) is 5.14. The van der Waals surface area contributed by atoms with Crippen molar-refractivity contribution >= 4 is 5.91 Å². The minimum Gasteiger partial charge on any atom is -0.343 e. The van der Waals surface area contributed by atoms with Crippen molar-refractivity contribution < 1.29 is 4.79 Å². The molecule has 0 aromatic rings. The summed E-state index contributed by atoms with van der Waals surface area (Å²) in [5.74, 6) is 2.49. The molecule has 116 valence electrons. The van der Waals surface area contributed by atoms with Crippen molar-refractivity contribution in [2.45, 2.75) is 65.3 Å². The van der Waals surface area contributed by atoms with Crippen molar-refractivity contribution in [2.24, 2.45) is 17.8 Å². The Balaban J connectivity index is 1.67. The van der Waals surface area contributed by atoms with Gasteiger partial charge in [0.25, 0.3) is 0 Å². The number of hydrogen-bond acceptors (Lipinski definition) is 2. The van der Waals surface area contributed by atoms with Gasteiger partial charge in [0, 0.05) is 25.6 Å². The number of hydrogen-bond donors (Lipinski definition) is 1. The Morgan fingerprint density at radius 2 is 1.85 bits per heavy atom. The molecule has 0 spiro atoms. The highest BCUT2D eigenvalue weighted by Crippen LogP contribution is 2.28. The third kappa shape index (κ3) is 4.76. The number of rotatable bonds is 7. The van der Waals surface area contributed by atoms with Gasteiger partial charge in [-0.3, -0.25) is 4.79 Å². The Kier molecular flexibility index (Phi) is 5.88. The minimum atomic E-state index is 0.381. The average molecular weight is 280 g/mol. The van der Waals surface area contributed by atoms with Gasteiger partial charge in [0.1, 0.15) is 0 Å². The summed E-state index contributed by atoms with van der Waals surface area (Å²) in [6.07, 6.45) is 6.96. The van der Waals surface area contributed by atoms with E-state index in [-0.39, 0.29) is 0 Å². The van der Waals surface area contributed by atoms with Crippen molar-refractivity contribution in [2.75, 3.05) is 19.6 Å². The van der Waals surface area contributed by atoms with E-state index in [9.17, 15) is 4.79 Å². The van der Waals surface area contributed by atoms with Gasteiger partial charge in [-0.05, 0) is 50.0 Å². The summed E-state index contributed by atoms with van der Waals surface area (Å²) in [6, 6.07) is 0.645. The molecule has 1 atom stereocenters. The van der Waals surface area contributed by atoms with Gasteiger partial charge in [-0.25, -0.2) is 0 Å². The Morgan fingerprint density at radius 1 is 1.20 bits per heavy atom. The van der Waals surface area contributed by atoms with Crippen LogP contribution in [0.5, 0.6) is 0 Å². The number of carbonyl (C=O) groups excluding carboxylic acids is 1. The predicted molar refractivity (Wildman–Crippen MR) is 83.6 cm³/mol. The van der Waals surface area contributed by atoms with E-state index in [0.717, 1.165) is 44.7 Å². The summed E-state index contributed by atoms with van der Waals surface area (Å²) in [7, 11) is 0. The van der Waals surface area contributed by atoms with Crippen LogP contribution in [0.2, 0.25) is 0 Å². The van der Waals surface area contributed by atoms with Crippen LogP contribution in [0.15, 0.2) is 0 Å². The molecular formula is C17H32N2O. The van der Waals surface area contributed by atoms with Gasteiger partial charge < -0.3 is 10.2 Å². The van der Waals surface area contributed by atoms with E-state index < -0.39 is 0 Å². The molecule has 3 nitrogen and oxygen atoms in total. The first-order chi connectivity index (χ1) is 9.60. The van der Waals surface area contributed by atoms with E-state index in [1.807, 2.05) is 0 Å². The molecule has 1 saturated heterocycles. The van der Waals surface area contributed by atoms with Gasteiger partial charge in [-0.15, -0.1) is 0 Å². The molecule has 2 fully saturated rings. The zero-order chi connectivity index (χ0) is 14.5. The molecule has 2 aliphatic rings. The number of nitrogens with one attached hydrogen (secondary N) is 1.